The average Bonchev–Trinajstić information content (AvgIpc) is 2.67. The summed E-state index contributed by atoms with van der Waals surface area (Å²) in [6.45, 7) is 1.39. The Hall–Kier alpha value is -2.40. The normalized spacial score (nSPS) is 15.5. The first-order valence-electron chi connectivity index (χ1n) is 8.31. The Labute approximate surface area is 151 Å². The van der Waals surface area contributed by atoms with Gasteiger partial charge in [0.25, 0.3) is 5.91 Å². The molecule has 2 heterocycles. The number of esters is 1. The molecule has 1 amide bonds. The number of hydrogen-bond acceptors (Lipinski definition) is 4. The summed E-state index contributed by atoms with van der Waals surface area (Å²) < 4.78 is 5.56. The molecule has 1 aliphatic heterocycles. The van der Waals surface area contributed by atoms with Crippen molar-refractivity contribution >= 4 is 23.5 Å². The molecule has 2 aromatic rings. The van der Waals surface area contributed by atoms with E-state index in [9.17, 15) is 9.59 Å². The Morgan fingerprint density at radius 3 is 2.40 bits per heavy atom. The zero-order chi connectivity index (χ0) is 17.6. The van der Waals surface area contributed by atoms with Gasteiger partial charge in [0.05, 0.1) is 5.56 Å². The van der Waals surface area contributed by atoms with E-state index in [1.54, 1.807) is 17.0 Å². The molecule has 25 heavy (non-hydrogen) atoms. The fraction of sp³-hybridized carbons (Fsp3) is 0.316. The van der Waals surface area contributed by atoms with E-state index in [1.165, 1.54) is 18.3 Å². The van der Waals surface area contributed by atoms with Crippen LogP contribution in [0.5, 0.6) is 0 Å². The number of benzene rings is 1. The molecule has 1 saturated heterocycles. The van der Waals surface area contributed by atoms with Gasteiger partial charge in [-0.25, -0.2) is 9.78 Å². The zero-order valence-corrected chi connectivity index (χ0v) is 14.5. The molecule has 0 aliphatic carbocycles. The molecular formula is C19H19ClN2O3. The summed E-state index contributed by atoms with van der Waals surface area (Å²) in [5.41, 5.74) is 0.921. The van der Waals surface area contributed by atoms with E-state index in [-0.39, 0.29) is 11.5 Å². The highest BCUT2D eigenvalue weighted by Gasteiger charge is 2.30. The number of carbonyl (C=O) groups excluding carboxylic acids is 2. The second kappa shape index (κ2) is 8.12. The van der Waals surface area contributed by atoms with Crippen LogP contribution in [-0.4, -0.2) is 34.8 Å². The first-order chi connectivity index (χ1) is 12.1. The number of rotatable bonds is 4. The third-order valence-electron chi connectivity index (χ3n) is 4.18. The molecule has 0 bridgehead atoms. The van der Waals surface area contributed by atoms with Crippen LogP contribution in [0.4, 0.5) is 0 Å². The summed E-state index contributed by atoms with van der Waals surface area (Å²) in [5.74, 6) is -0.774. The number of likely N-dealkylation sites (tertiary alicyclic amines) is 1. The number of halogens is 1. The molecule has 0 N–H and O–H groups in total. The second-order valence-corrected chi connectivity index (χ2v) is 6.34. The van der Waals surface area contributed by atoms with E-state index in [1.807, 2.05) is 18.2 Å². The number of piperidine rings is 1. The van der Waals surface area contributed by atoms with Gasteiger partial charge in [-0.15, -0.1) is 0 Å². The second-order valence-electron chi connectivity index (χ2n) is 5.95. The van der Waals surface area contributed by atoms with Crippen molar-refractivity contribution in [3.05, 3.63) is 64.9 Å². The highest BCUT2D eigenvalue weighted by molar-refractivity contribution is 6.29. The molecule has 1 fully saturated rings. The van der Waals surface area contributed by atoms with E-state index in [0.29, 0.717) is 23.8 Å². The van der Waals surface area contributed by atoms with Crippen molar-refractivity contribution < 1.29 is 14.3 Å². The van der Waals surface area contributed by atoms with Gasteiger partial charge in [-0.3, -0.25) is 4.79 Å². The van der Waals surface area contributed by atoms with Crippen LogP contribution in [-0.2, 0) is 9.53 Å². The fourth-order valence-corrected chi connectivity index (χ4v) is 2.95. The van der Waals surface area contributed by atoms with E-state index >= 15 is 0 Å². The lowest BCUT2D eigenvalue weighted by molar-refractivity contribution is -0.142. The van der Waals surface area contributed by atoms with Gasteiger partial charge >= 0.3 is 5.97 Å². The van der Waals surface area contributed by atoms with E-state index in [2.05, 4.69) is 4.98 Å². The number of aromatic nitrogens is 1. The highest BCUT2D eigenvalue weighted by Crippen LogP contribution is 2.24. The number of carbonyl (C=O) groups is 2. The van der Waals surface area contributed by atoms with Gasteiger partial charge in [0, 0.05) is 24.8 Å². The Morgan fingerprint density at radius 2 is 1.76 bits per heavy atom. The van der Waals surface area contributed by atoms with Crippen molar-refractivity contribution in [1.82, 2.24) is 9.88 Å². The van der Waals surface area contributed by atoms with E-state index in [4.69, 9.17) is 16.3 Å². The smallest absolute Gasteiger partial charge is 0.340 e. The number of amides is 1. The minimum atomic E-state index is -0.956. The Bertz CT molecular complexity index is 728. The molecule has 1 aromatic carbocycles. The lowest BCUT2D eigenvalue weighted by Gasteiger charge is -2.30. The van der Waals surface area contributed by atoms with Gasteiger partial charge in [-0.05, 0) is 31.4 Å². The molecule has 0 saturated carbocycles. The van der Waals surface area contributed by atoms with Gasteiger partial charge in [0.2, 0.25) is 6.10 Å². The SMILES string of the molecule is O=C(O[C@H](C(=O)N1CCCCC1)c1ccccc1)c1ccc(Cl)nc1. The molecule has 0 unspecified atom stereocenters. The monoisotopic (exact) mass is 358 g/mol. The number of nitrogens with zero attached hydrogens (tertiary/aromatic N) is 2. The highest BCUT2D eigenvalue weighted by atomic mass is 35.5. The third-order valence-corrected chi connectivity index (χ3v) is 4.41. The summed E-state index contributed by atoms with van der Waals surface area (Å²) >= 11 is 5.75. The maximum Gasteiger partial charge on any atom is 0.340 e. The molecule has 0 radical (unpaired) electrons. The molecule has 1 aromatic heterocycles. The molecule has 1 atom stereocenters. The predicted octanol–water partition coefficient (Wildman–Crippen LogP) is 3.65. The van der Waals surface area contributed by atoms with Crippen molar-refractivity contribution in [2.75, 3.05) is 13.1 Å². The summed E-state index contributed by atoms with van der Waals surface area (Å²) in [7, 11) is 0. The Morgan fingerprint density at radius 1 is 1.04 bits per heavy atom. The molecule has 130 valence electrons. The standard InChI is InChI=1S/C19H19ClN2O3/c20-16-10-9-15(13-21-16)19(24)25-17(14-7-3-1-4-8-14)18(23)22-11-5-2-6-12-22/h1,3-4,7-10,13,17H,2,5-6,11-12H2/t17-/m0/s1. The van der Waals surface area contributed by atoms with Crippen LogP contribution in [0.1, 0.15) is 41.3 Å². The molecule has 0 spiro atoms. The summed E-state index contributed by atoms with van der Waals surface area (Å²) in [6.07, 6.45) is 3.46. The van der Waals surface area contributed by atoms with Crippen molar-refractivity contribution in [2.24, 2.45) is 0 Å². The van der Waals surface area contributed by atoms with Crippen LogP contribution in [0.2, 0.25) is 5.15 Å². The van der Waals surface area contributed by atoms with Gasteiger partial charge in [0.1, 0.15) is 5.15 Å². The molecule has 5 nitrogen and oxygen atoms in total. The van der Waals surface area contributed by atoms with Crippen LogP contribution in [0.15, 0.2) is 48.7 Å². The van der Waals surface area contributed by atoms with Crippen molar-refractivity contribution in [3.63, 3.8) is 0 Å². The van der Waals surface area contributed by atoms with Crippen LogP contribution < -0.4 is 0 Å². The predicted molar refractivity (Wildman–Crippen MR) is 94.3 cm³/mol. The summed E-state index contributed by atoms with van der Waals surface area (Å²) in [6, 6.07) is 12.1. The minimum absolute atomic E-state index is 0.179. The molecule has 6 heteroatoms. The first kappa shape index (κ1) is 17.4. The van der Waals surface area contributed by atoms with Crippen LogP contribution >= 0.6 is 11.6 Å². The van der Waals surface area contributed by atoms with Crippen LogP contribution in [0.3, 0.4) is 0 Å². The molecular weight excluding hydrogens is 340 g/mol. The van der Waals surface area contributed by atoms with Crippen LogP contribution in [0.25, 0.3) is 0 Å². The van der Waals surface area contributed by atoms with Gasteiger partial charge < -0.3 is 9.64 Å². The minimum Gasteiger partial charge on any atom is -0.444 e. The largest absolute Gasteiger partial charge is 0.444 e. The number of hydrogen-bond donors (Lipinski definition) is 0. The Balaban J connectivity index is 1.82. The molecule has 3 rings (SSSR count). The number of pyridine rings is 1. The lowest BCUT2D eigenvalue weighted by Crippen LogP contribution is -2.40. The van der Waals surface area contributed by atoms with Crippen LogP contribution in [0, 0.1) is 0 Å². The summed E-state index contributed by atoms with van der Waals surface area (Å²) in [5, 5.41) is 0.292. The summed E-state index contributed by atoms with van der Waals surface area (Å²) in [4.78, 5) is 31.0. The van der Waals surface area contributed by atoms with Gasteiger partial charge in [-0.1, -0.05) is 41.9 Å². The lowest BCUT2D eigenvalue weighted by atomic mass is 10.1. The first-order valence-corrected chi connectivity index (χ1v) is 8.69. The van der Waals surface area contributed by atoms with Crippen molar-refractivity contribution in [2.45, 2.75) is 25.4 Å². The van der Waals surface area contributed by atoms with E-state index in [0.717, 1.165) is 19.3 Å². The van der Waals surface area contributed by atoms with Crippen molar-refractivity contribution in [1.29, 1.82) is 0 Å². The van der Waals surface area contributed by atoms with E-state index < -0.39 is 12.1 Å². The maximum atomic E-state index is 12.9. The molecule has 1 aliphatic rings. The topological polar surface area (TPSA) is 59.5 Å². The quantitative estimate of drug-likeness (QED) is 0.618. The third kappa shape index (κ3) is 4.37. The van der Waals surface area contributed by atoms with Gasteiger partial charge in [-0.2, -0.15) is 0 Å². The van der Waals surface area contributed by atoms with Crippen molar-refractivity contribution in [3.8, 4) is 0 Å². The number of ether oxygens (including phenoxy) is 1. The Kier molecular flexibility index (Phi) is 5.66. The van der Waals surface area contributed by atoms with Gasteiger partial charge in [0.15, 0.2) is 0 Å². The maximum absolute atomic E-state index is 12.9. The zero-order valence-electron chi connectivity index (χ0n) is 13.7. The fourth-order valence-electron chi connectivity index (χ4n) is 2.84. The average molecular weight is 359 g/mol.